The largest absolute Gasteiger partial charge is 0.495 e. The van der Waals surface area contributed by atoms with Crippen molar-refractivity contribution in [3.8, 4) is 22.9 Å². The van der Waals surface area contributed by atoms with Crippen molar-refractivity contribution in [1.29, 1.82) is 0 Å². The standard InChI is InChI=1S/C21H24N4O5S/c1-3-29-16-8-4-14(5-9-16)21-23-20(30-24-21)13-22-18-12-17(10-11-19(18)28-2)31(26,27)25-15-6-7-15/h4-5,8-12,15,22,25H,3,6-7,13H2,1-2H3. The lowest BCUT2D eigenvalue weighted by Crippen LogP contribution is -2.25. The molecule has 0 unspecified atom stereocenters. The van der Waals surface area contributed by atoms with E-state index in [0.29, 0.717) is 29.8 Å². The SMILES string of the molecule is CCOc1ccc(-c2noc(CNc3cc(S(=O)(=O)NC4CC4)ccc3OC)n2)cc1. The van der Waals surface area contributed by atoms with E-state index in [-0.39, 0.29) is 17.5 Å². The van der Waals surface area contributed by atoms with Gasteiger partial charge in [0.25, 0.3) is 0 Å². The van der Waals surface area contributed by atoms with Gasteiger partial charge in [-0.25, -0.2) is 13.1 Å². The summed E-state index contributed by atoms with van der Waals surface area (Å²) in [4.78, 5) is 4.56. The summed E-state index contributed by atoms with van der Waals surface area (Å²) in [7, 11) is -2.05. The third-order valence-electron chi connectivity index (χ3n) is 4.70. The molecule has 1 aliphatic rings. The number of ether oxygens (including phenoxy) is 2. The second-order valence-electron chi connectivity index (χ2n) is 7.08. The molecule has 1 fully saturated rings. The first-order chi connectivity index (χ1) is 15.0. The van der Waals surface area contributed by atoms with Gasteiger partial charge in [-0.05, 0) is 62.2 Å². The number of hydrogen-bond donors (Lipinski definition) is 2. The minimum atomic E-state index is -3.57. The first kappa shape index (κ1) is 21.1. The number of anilines is 1. The van der Waals surface area contributed by atoms with Gasteiger partial charge in [0.2, 0.25) is 21.7 Å². The van der Waals surface area contributed by atoms with Crippen LogP contribution in [-0.2, 0) is 16.6 Å². The average Bonchev–Trinajstić information content (AvgIpc) is 3.45. The molecule has 1 aromatic heterocycles. The topological polar surface area (TPSA) is 116 Å². The van der Waals surface area contributed by atoms with Crippen LogP contribution in [0.3, 0.4) is 0 Å². The normalized spacial score (nSPS) is 13.7. The predicted octanol–water partition coefficient (Wildman–Crippen LogP) is 3.20. The van der Waals surface area contributed by atoms with E-state index in [1.165, 1.54) is 19.2 Å². The van der Waals surface area contributed by atoms with Gasteiger partial charge >= 0.3 is 0 Å². The van der Waals surface area contributed by atoms with Gasteiger partial charge in [0.15, 0.2) is 0 Å². The summed E-state index contributed by atoms with van der Waals surface area (Å²) in [5.41, 5.74) is 1.32. The molecule has 1 heterocycles. The molecule has 1 saturated carbocycles. The van der Waals surface area contributed by atoms with E-state index in [0.717, 1.165) is 24.2 Å². The maximum Gasteiger partial charge on any atom is 0.246 e. The molecule has 10 heteroatoms. The molecular formula is C21H24N4O5S. The molecule has 4 rings (SSSR count). The zero-order valence-corrected chi connectivity index (χ0v) is 18.1. The smallest absolute Gasteiger partial charge is 0.246 e. The van der Waals surface area contributed by atoms with Crippen LogP contribution in [0.4, 0.5) is 5.69 Å². The highest BCUT2D eigenvalue weighted by atomic mass is 32.2. The van der Waals surface area contributed by atoms with Crippen molar-refractivity contribution < 1.29 is 22.4 Å². The molecule has 0 atom stereocenters. The molecule has 1 aliphatic carbocycles. The summed E-state index contributed by atoms with van der Waals surface area (Å²) in [6.45, 7) is 2.73. The van der Waals surface area contributed by atoms with Crippen LogP contribution in [0.1, 0.15) is 25.7 Å². The fraction of sp³-hybridized carbons (Fsp3) is 0.333. The lowest BCUT2D eigenvalue weighted by Gasteiger charge is -2.12. The molecule has 3 aromatic rings. The predicted molar refractivity (Wildman–Crippen MR) is 115 cm³/mol. The molecule has 9 nitrogen and oxygen atoms in total. The summed E-state index contributed by atoms with van der Waals surface area (Å²) in [6.07, 6.45) is 1.74. The third kappa shape index (κ3) is 5.15. The van der Waals surface area contributed by atoms with Crippen LogP contribution < -0.4 is 19.5 Å². The van der Waals surface area contributed by atoms with Crippen LogP contribution in [0.15, 0.2) is 51.9 Å². The Morgan fingerprint density at radius 2 is 1.94 bits per heavy atom. The molecule has 2 aromatic carbocycles. The van der Waals surface area contributed by atoms with E-state index in [1.54, 1.807) is 6.07 Å². The summed E-state index contributed by atoms with van der Waals surface area (Å²) in [5, 5.41) is 7.13. The molecule has 2 N–H and O–H groups in total. The number of rotatable bonds is 10. The number of sulfonamides is 1. The fourth-order valence-corrected chi connectivity index (χ4v) is 4.29. The Hall–Kier alpha value is -3.11. The van der Waals surface area contributed by atoms with Gasteiger partial charge in [-0.15, -0.1) is 0 Å². The van der Waals surface area contributed by atoms with Gasteiger partial charge in [-0.3, -0.25) is 0 Å². The number of nitrogens with one attached hydrogen (secondary N) is 2. The number of nitrogens with zero attached hydrogens (tertiary/aromatic N) is 2. The molecular weight excluding hydrogens is 420 g/mol. The molecule has 0 spiro atoms. The van der Waals surface area contributed by atoms with Crippen LogP contribution in [-0.4, -0.2) is 38.3 Å². The Bertz CT molecular complexity index is 1140. The second kappa shape index (κ2) is 8.94. The van der Waals surface area contributed by atoms with E-state index < -0.39 is 10.0 Å². The van der Waals surface area contributed by atoms with Crippen molar-refractivity contribution >= 4 is 15.7 Å². The minimum Gasteiger partial charge on any atom is -0.495 e. The summed E-state index contributed by atoms with van der Waals surface area (Å²) in [5.74, 6) is 2.10. The summed E-state index contributed by atoms with van der Waals surface area (Å²) in [6, 6.07) is 12.1. The first-order valence-electron chi connectivity index (χ1n) is 9.98. The van der Waals surface area contributed by atoms with Gasteiger partial charge in [-0.2, -0.15) is 4.98 Å². The maximum atomic E-state index is 12.5. The molecule has 0 aliphatic heterocycles. The van der Waals surface area contributed by atoms with Crippen LogP contribution >= 0.6 is 0 Å². The van der Waals surface area contributed by atoms with Crippen molar-refractivity contribution in [2.75, 3.05) is 19.0 Å². The van der Waals surface area contributed by atoms with Crippen molar-refractivity contribution in [2.24, 2.45) is 0 Å². The van der Waals surface area contributed by atoms with Gasteiger partial charge in [-0.1, -0.05) is 5.16 Å². The van der Waals surface area contributed by atoms with Crippen molar-refractivity contribution in [1.82, 2.24) is 14.9 Å². The molecule has 31 heavy (non-hydrogen) atoms. The van der Waals surface area contributed by atoms with Crippen molar-refractivity contribution in [3.05, 3.63) is 48.4 Å². The highest BCUT2D eigenvalue weighted by Gasteiger charge is 2.28. The van der Waals surface area contributed by atoms with Crippen LogP contribution in [0.5, 0.6) is 11.5 Å². The summed E-state index contributed by atoms with van der Waals surface area (Å²) >= 11 is 0. The van der Waals surface area contributed by atoms with E-state index in [9.17, 15) is 8.42 Å². The minimum absolute atomic E-state index is 0.0305. The van der Waals surface area contributed by atoms with Gasteiger partial charge in [0, 0.05) is 11.6 Å². The van der Waals surface area contributed by atoms with E-state index in [4.69, 9.17) is 14.0 Å². The number of aromatic nitrogens is 2. The zero-order chi connectivity index (χ0) is 21.8. The molecule has 0 amide bonds. The Morgan fingerprint density at radius 3 is 2.61 bits per heavy atom. The average molecular weight is 445 g/mol. The number of methoxy groups -OCH3 is 1. The monoisotopic (exact) mass is 444 g/mol. The lowest BCUT2D eigenvalue weighted by atomic mass is 10.2. The highest BCUT2D eigenvalue weighted by Crippen LogP contribution is 2.29. The van der Waals surface area contributed by atoms with E-state index in [2.05, 4.69) is 20.2 Å². The quantitative estimate of drug-likeness (QED) is 0.490. The Labute approximate surface area is 180 Å². The number of benzene rings is 2. The number of hydrogen-bond acceptors (Lipinski definition) is 8. The summed E-state index contributed by atoms with van der Waals surface area (Å²) < 4.78 is 43.8. The zero-order valence-electron chi connectivity index (χ0n) is 17.3. The second-order valence-corrected chi connectivity index (χ2v) is 8.79. The fourth-order valence-electron chi connectivity index (χ4n) is 2.96. The van der Waals surface area contributed by atoms with Crippen LogP contribution in [0.2, 0.25) is 0 Å². The van der Waals surface area contributed by atoms with E-state index in [1.807, 2.05) is 31.2 Å². The first-order valence-corrected chi connectivity index (χ1v) is 11.5. The highest BCUT2D eigenvalue weighted by molar-refractivity contribution is 7.89. The Morgan fingerprint density at radius 1 is 1.16 bits per heavy atom. The molecule has 0 radical (unpaired) electrons. The van der Waals surface area contributed by atoms with Crippen molar-refractivity contribution in [2.45, 2.75) is 37.2 Å². The molecule has 164 valence electrons. The van der Waals surface area contributed by atoms with Crippen LogP contribution in [0, 0.1) is 0 Å². The lowest BCUT2D eigenvalue weighted by molar-refractivity contribution is 0.340. The maximum absolute atomic E-state index is 12.5. The van der Waals surface area contributed by atoms with E-state index >= 15 is 0 Å². The van der Waals surface area contributed by atoms with Crippen LogP contribution in [0.25, 0.3) is 11.4 Å². The van der Waals surface area contributed by atoms with Gasteiger partial charge in [0.05, 0.1) is 30.8 Å². The molecule has 0 bridgehead atoms. The third-order valence-corrected chi connectivity index (χ3v) is 6.22. The Balaban J connectivity index is 1.47. The van der Waals surface area contributed by atoms with Gasteiger partial charge in [0.1, 0.15) is 11.5 Å². The van der Waals surface area contributed by atoms with Gasteiger partial charge < -0.3 is 19.3 Å². The van der Waals surface area contributed by atoms with Crippen molar-refractivity contribution in [3.63, 3.8) is 0 Å². The molecule has 0 saturated heterocycles. The Kier molecular flexibility index (Phi) is 6.10.